The second-order valence-corrected chi connectivity index (χ2v) is 6.39. The van der Waals surface area contributed by atoms with Gasteiger partial charge in [0.25, 0.3) is 5.91 Å². The van der Waals surface area contributed by atoms with Gasteiger partial charge in [0, 0.05) is 31.3 Å². The molecule has 128 valence electrons. The zero-order valence-electron chi connectivity index (χ0n) is 14.1. The van der Waals surface area contributed by atoms with Gasteiger partial charge in [-0.05, 0) is 43.5 Å². The molecule has 7 heteroatoms. The van der Waals surface area contributed by atoms with Crippen LogP contribution in [0.2, 0.25) is 0 Å². The number of hydrogen-bond donors (Lipinski definition) is 0. The molecule has 1 fully saturated rings. The highest BCUT2D eigenvalue weighted by atomic mass is 16.2. The first kappa shape index (κ1) is 15.6. The van der Waals surface area contributed by atoms with E-state index in [0.29, 0.717) is 11.4 Å². The van der Waals surface area contributed by atoms with Gasteiger partial charge >= 0.3 is 0 Å². The first-order valence-electron chi connectivity index (χ1n) is 8.47. The normalized spacial score (nSPS) is 17.2. The summed E-state index contributed by atoms with van der Waals surface area (Å²) in [5.74, 6) is 0.734. The Morgan fingerprint density at radius 1 is 1.28 bits per heavy atom. The van der Waals surface area contributed by atoms with Crippen LogP contribution in [0.3, 0.4) is 0 Å². The number of carbonyl (C=O) groups excluding carboxylic acids is 1. The number of hydrogen-bond acceptors (Lipinski definition) is 4. The van der Waals surface area contributed by atoms with Crippen LogP contribution in [0.5, 0.6) is 0 Å². The van der Waals surface area contributed by atoms with Gasteiger partial charge in [-0.3, -0.25) is 9.48 Å². The molecule has 1 atom stereocenters. The van der Waals surface area contributed by atoms with Crippen LogP contribution in [0.15, 0.2) is 49.2 Å². The molecule has 0 spiro atoms. The summed E-state index contributed by atoms with van der Waals surface area (Å²) in [5.41, 5.74) is 1.74. The Morgan fingerprint density at radius 3 is 2.88 bits per heavy atom. The van der Waals surface area contributed by atoms with Crippen molar-refractivity contribution in [2.45, 2.75) is 32.4 Å². The van der Waals surface area contributed by atoms with E-state index >= 15 is 0 Å². The van der Waals surface area contributed by atoms with Gasteiger partial charge in [0.2, 0.25) is 0 Å². The number of carbonyl (C=O) groups is 1. The summed E-state index contributed by atoms with van der Waals surface area (Å²) in [6.45, 7) is 3.54. The summed E-state index contributed by atoms with van der Waals surface area (Å²) in [6.07, 6.45) is 11.0. The number of pyridine rings is 1. The molecular formula is C18H20N6O. The summed E-state index contributed by atoms with van der Waals surface area (Å²) < 4.78 is 3.59. The van der Waals surface area contributed by atoms with Crippen LogP contribution in [0, 0.1) is 6.92 Å². The van der Waals surface area contributed by atoms with Gasteiger partial charge in [0.1, 0.15) is 0 Å². The molecule has 1 amide bonds. The lowest BCUT2D eigenvalue weighted by atomic mass is 10.2. The number of aryl methyl sites for hydroxylation is 1. The average Bonchev–Trinajstić information content (AvgIpc) is 3.37. The van der Waals surface area contributed by atoms with Crippen molar-refractivity contribution in [3.63, 3.8) is 0 Å². The lowest BCUT2D eigenvalue weighted by Gasteiger charge is -2.24. The van der Waals surface area contributed by atoms with E-state index in [1.54, 1.807) is 17.1 Å². The summed E-state index contributed by atoms with van der Waals surface area (Å²) in [4.78, 5) is 19.2. The SMILES string of the molecule is Cc1cnn(CC2CCCN2C(=O)c2ccc(-n3cccn3)nc2)c1. The minimum absolute atomic E-state index is 0.0332. The fourth-order valence-corrected chi connectivity index (χ4v) is 3.29. The minimum Gasteiger partial charge on any atom is -0.334 e. The Labute approximate surface area is 145 Å². The molecule has 0 saturated carbocycles. The van der Waals surface area contributed by atoms with E-state index in [4.69, 9.17) is 0 Å². The van der Waals surface area contributed by atoms with Gasteiger partial charge in [-0.25, -0.2) is 9.67 Å². The summed E-state index contributed by atoms with van der Waals surface area (Å²) in [5, 5.41) is 8.49. The number of amides is 1. The van der Waals surface area contributed by atoms with Crippen LogP contribution >= 0.6 is 0 Å². The third kappa shape index (κ3) is 3.17. The fraction of sp³-hybridized carbons (Fsp3) is 0.333. The maximum absolute atomic E-state index is 12.9. The number of rotatable bonds is 4. The molecule has 1 aliphatic rings. The van der Waals surface area contributed by atoms with Crippen molar-refractivity contribution in [2.24, 2.45) is 0 Å². The zero-order valence-corrected chi connectivity index (χ0v) is 14.1. The summed E-state index contributed by atoms with van der Waals surface area (Å²) >= 11 is 0. The molecule has 4 heterocycles. The number of aromatic nitrogens is 5. The topological polar surface area (TPSA) is 68.8 Å². The highest BCUT2D eigenvalue weighted by molar-refractivity contribution is 5.94. The van der Waals surface area contributed by atoms with Crippen molar-refractivity contribution in [1.82, 2.24) is 29.4 Å². The molecule has 0 radical (unpaired) electrons. The minimum atomic E-state index is 0.0332. The average molecular weight is 336 g/mol. The molecule has 1 saturated heterocycles. The molecule has 7 nitrogen and oxygen atoms in total. The Hall–Kier alpha value is -2.96. The second kappa shape index (κ2) is 6.51. The molecule has 3 aromatic heterocycles. The first-order chi connectivity index (χ1) is 12.2. The molecule has 1 aliphatic heterocycles. The molecule has 1 unspecified atom stereocenters. The maximum atomic E-state index is 12.9. The van der Waals surface area contributed by atoms with E-state index < -0.39 is 0 Å². The van der Waals surface area contributed by atoms with Crippen LogP contribution in [0.1, 0.15) is 28.8 Å². The van der Waals surface area contributed by atoms with Gasteiger partial charge in [-0.1, -0.05) is 0 Å². The van der Waals surface area contributed by atoms with Gasteiger partial charge in [0.15, 0.2) is 5.82 Å². The van der Waals surface area contributed by atoms with Gasteiger partial charge < -0.3 is 4.90 Å². The van der Waals surface area contributed by atoms with Crippen LogP contribution in [-0.2, 0) is 6.54 Å². The molecule has 0 aliphatic carbocycles. The van der Waals surface area contributed by atoms with E-state index in [9.17, 15) is 4.79 Å². The summed E-state index contributed by atoms with van der Waals surface area (Å²) in [7, 11) is 0. The fourth-order valence-electron chi connectivity index (χ4n) is 3.29. The standard InChI is InChI=1S/C18H20N6O/c1-14-10-21-22(12-14)13-16-4-2-8-23(16)18(25)15-5-6-17(19-11-15)24-9-3-7-20-24/h3,5-7,9-12,16H,2,4,8,13H2,1H3. The van der Waals surface area contributed by atoms with Crippen LogP contribution in [-0.4, -0.2) is 47.9 Å². The van der Waals surface area contributed by atoms with Crippen molar-refractivity contribution >= 4 is 5.91 Å². The molecule has 3 aromatic rings. The molecule has 25 heavy (non-hydrogen) atoms. The highest BCUT2D eigenvalue weighted by Gasteiger charge is 2.30. The van der Waals surface area contributed by atoms with E-state index in [1.165, 1.54) is 0 Å². The zero-order chi connectivity index (χ0) is 17.2. The Bertz CT molecular complexity index is 852. The highest BCUT2D eigenvalue weighted by Crippen LogP contribution is 2.21. The predicted molar refractivity (Wildman–Crippen MR) is 92.4 cm³/mol. The van der Waals surface area contributed by atoms with Gasteiger partial charge in [-0.2, -0.15) is 10.2 Å². The van der Waals surface area contributed by atoms with Crippen molar-refractivity contribution in [1.29, 1.82) is 0 Å². The summed E-state index contributed by atoms with van der Waals surface area (Å²) in [6, 6.07) is 5.66. The van der Waals surface area contributed by atoms with Crippen molar-refractivity contribution in [2.75, 3.05) is 6.54 Å². The van der Waals surface area contributed by atoms with Gasteiger partial charge in [0.05, 0.1) is 24.3 Å². The molecular weight excluding hydrogens is 316 g/mol. The number of likely N-dealkylation sites (tertiary alicyclic amines) is 1. The van der Waals surface area contributed by atoms with Gasteiger partial charge in [-0.15, -0.1) is 0 Å². The van der Waals surface area contributed by atoms with Crippen molar-refractivity contribution < 1.29 is 4.79 Å². The Morgan fingerprint density at radius 2 is 2.20 bits per heavy atom. The largest absolute Gasteiger partial charge is 0.334 e. The van der Waals surface area contributed by atoms with Crippen LogP contribution < -0.4 is 0 Å². The quantitative estimate of drug-likeness (QED) is 0.731. The second-order valence-electron chi connectivity index (χ2n) is 6.39. The molecule has 0 aromatic carbocycles. The maximum Gasteiger partial charge on any atom is 0.255 e. The van der Waals surface area contributed by atoms with E-state index in [1.807, 2.05) is 53.3 Å². The molecule has 0 bridgehead atoms. The lowest BCUT2D eigenvalue weighted by molar-refractivity contribution is 0.0721. The van der Waals surface area contributed by atoms with Crippen LogP contribution in [0.4, 0.5) is 0 Å². The lowest BCUT2D eigenvalue weighted by Crippen LogP contribution is -2.38. The first-order valence-corrected chi connectivity index (χ1v) is 8.47. The third-order valence-electron chi connectivity index (χ3n) is 4.53. The smallest absolute Gasteiger partial charge is 0.255 e. The van der Waals surface area contributed by atoms with E-state index in [-0.39, 0.29) is 11.9 Å². The monoisotopic (exact) mass is 336 g/mol. The molecule has 4 rings (SSSR count). The van der Waals surface area contributed by atoms with E-state index in [0.717, 1.165) is 31.5 Å². The Balaban J connectivity index is 1.49. The Kier molecular flexibility index (Phi) is 4.05. The van der Waals surface area contributed by atoms with Crippen molar-refractivity contribution in [3.8, 4) is 5.82 Å². The van der Waals surface area contributed by atoms with Crippen LogP contribution in [0.25, 0.3) is 5.82 Å². The molecule has 0 N–H and O–H groups in total. The van der Waals surface area contributed by atoms with Crippen molar-refractivity contribution in [3.05, 3.63) is 60.3 Å². The van der Waals surface area contributed by atoms with E-state index in [2.05, 4.69) is 15.2 Å². The third-order valence-corrected chi connectivity index (χ3v) is 4.53. The predicted octanol–water partition coefficient (Wildman–Crippen LogP) is 2.08. The number of nitrogens with zero attached hydrogens (tertiary/aromatic N) is 6.